The molecule has 0 radical (unpaired) electrons. The topological polar surface area (TPSA) is 12.0 Å². The van der Waals surface area contributed by atoms with Gasteiger partial charge in [-0.3, -0.25) is 0 Å². The van der Waals surface area contributed by atoms with Gasteiger partial charge >= 0.3 is 0 Å². The molecule has 1 fully saturated rings. The van der Waals surface area contributed by atoms with Gasteiger partial charge in [0.2, 0.25) is 0 Å². The Morgan fingerprint density at radius 3 is 2.42 bits per heavy atom. The number of nitrogens with one attached hydrogen (secondary N) is 1. The summed E-state index contributed by atoms with van der Waals surface area (Å²) in [5, 5.41) is 3.59. The van der Waals surface area contributed by atoms with E-state index in [4.69, 9.17) is 0 Å². The predicted molar refractivity (Wildman–Crippen MR) is 81.5 cm³/mol. The quantitative estimate of drug-likeness (QED) is 0.846. The number of rotatable bonds is 3. The fourth-order valence-electron chi connectivity index (χ4n) is 4.09. The van der Waals surface area contributed by atoms with Crippen molar-refractivity contribution in [3.8, 4) is 0 Å². The van der Waals surface area contributed by atoms with Crippen LogP contribution in [0.15, 0.2) is 18.2 Å². The number of aryl methyl sites for hydroxylation is 2. The van der Waals surface area contributed by atoms with Crippen molar-refractivity contribution in [3.63, 3.8) is 0 Å². The molecule has 2 aliphatic carbocycles. The SMILES string of the molecule is CNC(c1ccc2c(c1)CCCC2)C1CCCCC1. The Balaban J connectivity index is 1.82. The molecule has 1 saturated carbocycles. The molecule has 0 spiro atoms. The van der Waals surface area contributed by atoms with Gasteiger partial charge in [0.05, 0.1) is 0 Å². The highest BCUT2D eigenvalue weighted by Crippen LogP contribution is 2.35. The van der Waals surface area contributed by atoms with Gasteiger partial charge in [-0.15, -0.1) is 0 Å². The summed E-state index contributed by atoms with van der Waals surface area (Å²) < 4.78 is 0. The van der Waals surface area contributed by atoms with Crippen molar-refractivity contribution >= 4 is 0 Å². The van der Waals surface area contributed by atoms with Crippen molar-refractivity contribution in [2.75, 3.05) is 7.05 Å². The lowest BCUT2D eigenvalue weighted by Crippen LogP contribution is -2.27. The van der Waals surface area contributed by atoms with Gasteiger partial charge in [-0.05, 0) is 68.2 Å². The van der Waals surface area contributed by atoms with Crippen LogP contribution in [-0.2, 0) is 12.8 Å². The fourth-order valence-corrected chi connectivity index (χ4v) is 4.09. The molecule has 1 heteroatoms. The summed E-state index contributed by atoms with van der Waals surface area (Å²) in [6, 6.07) is 7.87. The number of hydrogen-bond acceptors (Lipinski definition) is 1. The summed E-state index contributed by atoms with van der Waals surface area (Å²) >= 11 is 0. The van der Waals surface area contributed by atoms with Gasteiger partial charge in [0.1, 0.15) is 0 Å². The van der Waals surface area contributed by atoms with Crippen LogP contribution in [0.3, 0.4) is 0 Å². The molecule has 2 aliphatic rings. The van der Waals surface area contributed by atoms with Crippen molar-refractivity contribution in [3.05, 3.63) is 34.9 Å². The van der Waals surface area contributed by atoms with Crippen LogP contribution >= 0.6 is 0 Å². The minimum Gasteiger partial charge on any atom is -0.313 e. The summed E-state index contributed by atoms with van der Waals surface area (Å²) in [6.07, 6.45) is 12.5. The van der Waals surface area contributed by atoms with Crippen LogP contribution in [0.25, 0.3) is 0 Å². The maximum absolute atomic E-state index is 3.59. The molecule has 0 aromatic heterocycles. The molecule has 104 valence electrons. The first-order valence-corrected chi connectivity index (χ1v) is 8.17. The normalized spacial score (nSPS) is 21.9. The molecule has 1 unspecified atom stereocenters. The maximum Gasteiger partial charge on any atom is 0.0346 e. The van der Waals surface area contributed by atoms with E-state index in [0.29, 0.717) is 6.04 Å². The Labute approximate surface area is 117 Å². The van der Waals surface area contributed by atoms with Crippen molar-refractivity contribution in [2.24, 2.45) is 5.92 Å². The summed E-state index contributed by atoms with van der Waals surface area (Å²) in [5.74, 6) is 0.848. The van der Waals surface area contributed by atoms with Crippen LogP contribution in [0.4, 0.5) is 0 Å². The maximum atomic E-state index is 3.59. The highest BCUT2D eigenvalue weighted by Gasteiger charge is 2.24. The molecule has 19 heavy (non-hydrogen) atoms. The van der Waals surface area contributed by atoms with Gasteiger partial charge in [-0.25, -0.2) is 0 Å². The van der Waals surface area contributed by atoms with E-state index in [2.05, 4.69) is 30.6 Å². The number of benzene rings is 1. The monoisotopic (exact) mass is 257 g/mol. The van der Waals surface area contributed by atoms with Crippen LogP contribution in [0.1, 0.15) is 67.7 Å². The zero-order valence-corrected chi connectivity index (χ0v) is 12.3. The van der Waals surface area contributed by atoms with Gasteiger partial charge in [0, 0.05) is 6.04 Å². The summed E-state index contributed by atoms with van der Waals surface area (Å²) in [4.78, 5) is 0. The molecular formula is C18H27N. The van der Waals surface area contributed by atoms with Crippen molar-refractivity contribution in [1.29, 1.82) is 0 Å². The third-order valence-corrected chi connectivity index (χ3v) is 5.16. The molecule has 1 N–H and O–H groups in total. The fraction of sp³-hybridized carbons (Fsp3) is 0.667. The highest BCUT2D eigenvalue weighted by atomic mass is 14.9. The Hall–Kier alpha value is -0.820. The first-order chi connectivity index (χ1) is 9.38. The predicted octanol–water partition coefficient (Wildman–Crippen LogP) is 4.41. The van der Waals surface area contributed by atoms with E-state index in [1.54, 1.807) is 11.1 Å². The Kier molecular flexibility index (Phi) is 4.22. The Bertz CT molecular complexity index is 418. The van der Waals surface area contributed by atoms with E-state index in [0.717, 1.165) is 5.92 Å². The Morgan fingerprint density at radius 2 is 1.68 bits per heavy atom. The zero-order chi connectivity index (χ0) is 13.1. The van der Waals surface area contributed by atoms with Crippen molar-refractivity contribution in [1.82, 2.24) is 5.32 Å². The molecule has 1 atom stereocenters. The van der Waals surface area contributed by atoms with Gasteiger partial charge in [-0.2, -0.15) is 0 Å². The van der Waals surface area contributed by atoms with E-state index < -0.39 is 0 Å². The first-order valence-electron chi connectivity index (χ1n) is 8.17. The van der Waals surface area contributed by atoms with Crippen LogP contribution in [-0.4, -0.2) is 7.05 Å². The lowest BCUT2D eigenvalue weighted by atomic mass is 9.80. The van der Waals surface area contributed by atoms with Crippen LogP contribution in [0.2, 0.25) is 0 Å². The van der Waals surface area contributed by atoms with Gasteiger partial charge in [0.25, 0.3) is 0 Å². The van der Waals surface area contributed by atoms with Gasteiger partial charge in [-0.1, -0.05) is 37.5 Å². The number of fused-ring (bicyclic) bond motifs is 1. The first kappa shape index (κ1) is 13.2. The van der Waals surface area contributed by atoms with E-state index in [1.807, 2.05) is 0 Å². The van der Waals surface area contributed by atoms with E-state index >= 15 is 0 Å². The van der Waals surface area contributed by atoms with E-state index in [-0.39, 0.29) is 0 Å². The Morgan fingerprint density at radius 1 is 0.947 bits per heavy atom. The molecular weight excluding hydrogens is 230 g/mol. The van der Waals surface area contributed by atoms with Gasteiger partial charge in [0.15, 0.2) is 0 Å². The van der Waals surface area contributed by atoms with Crippen LogP contribution in [0, 0.1) is 5.92 Å². The smallest absolute Gasteiger partial charge is 0.0346 e. The second-order valence-corrected chi connectivity index (χ2v) is 6.40. The van der Waals surface area contributed by atoms with Gasteiger partial charge < -0.3 is 5.32 Å². The minimum absolute atomic E-state index is 0.576. The number of hydrogen-bond donors (Lipinski definition) is 1. The molecule has 1 aromatic rings. The second-order valence-electron chi connectivity index (χ2n) is 6.40. The lowest BCUT2D eigenvalue weighted by molar-refractivity contribution is 0.281. The summed E-state index contributed by atoms with van der Waals surface area (Å²) in [7, 11) is 2.14. The molecule has 3 rings (SSSR count). The summed E-state index contributed by atoms with van der Waals surface area (Å²) in [6.45, 7) is 0. The molecule has 1 nitrogen and oxygen atoms in total. The average Bonchev–Trinajstić information content (AvgIpc) is 2.49. The van der Waals surface area contributed by atoms with E-state index in [9.17, 15) is 0 Å². The van der Waals surface area contributed by atoms with Crippen LogP contribution in [0.5, 0.6) is 0 Å². The summed E-state index contributed by atoms with van der Waals surface area (Å²) in [5.41, 5.74) is 4.77. The molecule has 0 saturated heterocycles. The zero-order valence-electron chi connectivity index (χ0n) is 12.3. The standard InChI is InChI=1S/C18H27N/c1-19-18(15-8-3-2-4-9-15)17-12-11-14-7-5-6-10-16(14)13-17/h11-13,15,18-19H,2-10H2,1H3. The van der Waals surface area contributed by atoms with Crippen molar-refractivity contribution < 1.29 is 0 Å². The minimum atomic E-state index is 0.576. The molecule has 0 aliphatic heterocycles. The largest absolute Gasteiger partial charge is 0.313 e. The molecule has 0 heterocycles. The van der Waals surface area contributed by atoms with Crippen molar-refractivity contribution in [2.45, 2.75) is 63.8 Å². The molecule has 1 aromatic carbocycles. The lowest BCUT2D eigenvalue weighted by Gasteiger charge is -2.31. The third kappa shape index (κ3) is 2.86. The molecule has 0 bridgehead atoms. The van der Waals surface area contributed by atoms with E-state index in [1.165, 1.54) is 63.4 Å². The highest BCUT2D eigenvalue weighted by molar-refractivity contribution is 5.35. The second kappa shape index (κ2) is 6.09. The molecule has 0 amide bonds. The van der Waals surface area contributed by atoms with Crippen LogP contribution < -0.4 is 5.32 Å². The average molecular weight is 257 g/mol. The third-order valence-electron chi connectivity index (χ3n) is 5.16.